The van der Waals surface area contributed by atoms with Gasteiger partial charge in [-0.15, -0.1) is 12.4 Å². The second-order valence-electron chi connectivity index (χ2n) is 4.13. The highest BCUT2D eigenvalue weighted by Gasteiger charge is 2.10. The first-order valence-electron chi connectivity index (χ1n) is 5.79. The molecule has 100 valence electrons. The van der Waals surface area contributed by atoms with Crippen LogP contribution >= 0.6 is 12.4 Å². The summed E-state index contributed by atoms with van der Waals surface area (Å²) in [4.78, 5) is 12.5. The van der Waals surface area contributed by atoms with Gasteiger partial charge >= 0.3 is 0 Å². The molecule has 0 saturated carbocycles. The fourth-order valence-corrected chi connectivity index (χ4v) is 1.90. The predicted molar refractivity (Wildman–Crippen MR) is 71.3 cm³/mol. The molecular weight excluding hydrogens is 256 g/mol. The summed E-state index contributed by atoms with van der Waals surface area (Å²) < 4.78 is 5.28. The Labute approximate surface area is 112 Å². The lowest BCUT2D eigenvalue weighted by Crippen LogP contribution is -2.37. The molecule has 2 rings (SSSR count). The minimum Gasteiger partial charge on any atom is -0.379 e. The number of ether oxygens (including phenoxy) is 1. The van der Waals surface area contributed by atoms with E-state index in [0.29, 0.717) is 0 Å². The highest BCUT2D eigenvalue weighted by atomic mass is 35.5. The first-order valence-corrected chi connectivity index (χ1v) is 5.79. The Morgan fingerprint density at radius 1 is 1.22 bits per heavy atom. The third-order valence-electron chi connectivity index (χ3n) is 2.97. The van der Waals surface area contributed by atoms with Crippen LogP contribution < -0.4 is 0 Å². The Morgan fingerprint density at radius 3 is 2.39 bits per heavy atom. The topological polar surface area (TPSA) is 55.6 Å². The van der Waals surface area contributed by atoms with Crippen LogP contribution in [0.1, 0.15) is 5.56 Å². The third-order valence-corrected chi connectivity index (χ3v) is 2.97. The molecule has 1 aromatic carbocycles. The highest BCUT2D eigenvalue weighted by Crippen LogP contribution is 2.12. The number of rotatable bonds is 4. The van der Waals surface area contributed by atoms with Crippen molar-refractivity contribution in [1.82, 2.24) is 4.90 Å². The Morgan fingerprint density at radius 2 is 1.83 bits per heavy atom. The van der Waals surface area contributed by atoms with E-state index in [1.165, 1.54) is 0 Å². The molecule has 5 nitrogen and oxygen atoms in total. The van der Waals surface area contributed by atoms with Gasteiger partial charge < -0.3 is 4.74 Å². The number of hydrogen-bond acceptors (Lipinski definition) is 4. The summed E-state index contributed by atoms with van der Waals surface area (Å²) >= 11 is 0. The van der Waals surface area contributed by atoms with Crippen molar-refractivity contribution in [3.63, 3.8) is 0 Å². The van der Waals surface area contributed by atoms with Crippen molar-refractivity contribution in [2.45, 2.75) is 6.42 Å². The van der Waals surface area contributed by atoms with Crippen molar-refractivity contribution >= 4 is 18.1 Å². The van der Waals surface area contributed by atoms with E-state index in [0.717, 1.165) is 44.8 Å². The zero-order valence-electron chi connectivity index (χ0n) is 10.1. The number of nitro groups is 1. The van der Waals surface area contributed by atoms with Crippen LogP contribution in [0.25, 0.3) is 0 Å². The quantitative estimate of drug-likeness (QED) is 0.620. The van der Waals surface area contributed by atoms with Crippen LogP contribution in [0.4, 0.5) is 5.69 Å². The summed E-state index contributed by atoms with van der Waals surface area (Å²) in [5.41, 5.74) is 1.29. The zero-order valence-corrected chi connectivity index (χ0v) is 10.9. The van der Waals surface area contributed by atoms with Gasteiger partial charge in [-0.1, -0.05) is 12.1 Å². The van der Waals surface area contributed by atoms with E-state index in [1.54, 1.807) is 12.1 Å². The molecule has 0 spiro atoms. The lowest BCUT2D eigenvalue weighted by Gasteiger charge is -2.26. The molecule has 0 bridgehead atoms. The van der Waals surface area contributed by atoms with Crippen LogP contribution in [0.3, 0.4) is 0 Å². The van der Waals surface area contributed by atoms with Crippen LogP contribution in [0.2, 0.25) is 0 Å². The second kappa shape index (κ2) is 7.31. The van der Waals surface area contributed by atoms with E-state index < -0.39 is 0 Å². The lowest BCUT2D eigenvalue weighted by molar-refractivity contribution is -0.384. The summed E-state index contributed by atoms with van der Waals surface area (Å²) in [5.74, 6) is 0. The van der Waals surface area contributed by atoms with Crippen molar-refractivity contribution in [2.24, 2.45) is 0 Å². The molecule has 0 amide bonds. The molecule has 1 fully saturated rings. The molecule has 0 N–H and O–H groups in total. The lowest BCUT2D eigenvalue weighted by atomic mass is 10.1. The summed E-state index contributed by atoms with van der Waals surface area (Å²) in [6, 6.07) is 6.79. The van der Waals surface area contributed by atoms with Crippen molar-refractivity contribution in [3.05, 3.63) is 39.9 Å². The summed E-state index contributed by atoms with van der Waals surface area (Å²) in [5, 5.41) is 10.5. The monoisotopic (exact) mass is 272 g/mol. The molecule has 1 heterocycles. The Hall–Kier alpha value is -1.17. The first kappa shape index (κ1) is 14.9. The van der Waals surface area contributed by atoms with E-state index in [4.69, 9.17) is 4.74 Å². The number of non-ortho nitro benzene ring substituents is 1. The van der Waals surface area contributed by atoms with Gasteiger partial charge in [0, 0.05) is 31.8 Å². The molecule has 0 unspecified atom stereocenters. The van der Waals surface area contributed by atoms with Crippen LogP contribution in [-0.4, -0.2) is 42.7 Å². The summed E-state index contributed by atoms with van der Waals surface area (Å²) in [6.07, 6.45) is 0.929. The van der Waals surface area contributed by atoms with E-state index >= 15 is 0 Å². The Balaban J connectivity index is 0.00000162. The van der Waals surface area contributed by atoms with Gasteiger partial charge in [-0.3, -0.25) is 15.0 Å². The maximum atomic E-state index is 10.5. The van der Waals surface area contributed by atoms with Crippen molar-refractivity contribution in [1.29, 1.82) is 0 Å². The first-order chi connectivity index (χ1) is 8.25. The minimum atomic E-state index is -0.369. The van der Waals surface area contributed by atoms with E-state index in [-0.39, 0.29) is 23.0 Å². The molecule has 0 aliphatic carbocycles. The maximum Gasteiger partial charge on any atom is 0.269 e. The molecule has 1 aromatic rings. The van der Waals surface area contributed by atoms with Crippen LogP contribution in [0.5, 0.6) is 0 Å². The van der Waals surface area contributed by atoms with Crippen LogP contribution in [0, 0.1) is 10.1 Å². The van der Waals surface area contributed by atoms with Crippen molar-refractivity contribution in [3.8, 4) is 0 Å². The van der Waals surface area contributed by atoms with Gasteiger partial charge in [0.2, 0.25) is 0 Å². The Bertz CT molecular complexity index is 377. The number of benzene rings is 1. The normalized spacial score (nSPS) is 16.0. The average Bonchev–Trinajstić information content (AvgIpc) is 2.38. The zero-order chi connectivity index (χ0) is 12.1. The molecular formula is C12H17ClN2O3. The molecule has 1 saturated heterocycles. The Kier molecular flexibility index (Phi) is 6.04. The SMILES string of the molecule is Cl.O=[N+]([O-])c1ccc(CCN2CCOCC2)cc1. The predicted octanol–water partition coefficient (Wildman–Crippen LogP) is 1.89. The maximum absolute atomic E-state index is 10.5. The summed E-state index contributed by atoms with van der Waals surface area (Å²) in [7, 11) is 0. The smallest absolute Gasteiger partial charge is 0.269 e. The van der Waals surface area contributed by atoms with E-state index in [2.05, 4.69) is 4.90 Å². The van der Waals surface area contributed by atoms with Crippen LogP contribution in [-0.2, 0) is 11.2 Å². The number of halogens is 1. The molecule has 0 atom stereocenters. The molecule has 1 aliphatic heterocycles. The average molecular weight is 273 g/mol. The van der Waals surface area contributed by atoms with Gasteiger partial charge in [0.05, 0.1) is 18.1 Å². The minimum absolute atomic E-state index is 0. The van der Waals surface area contributed by atoms with Crippen molar-refractivity contribution < 1.29 is 9.66 Å². The fraction of sp³-hybridized carbons (Fsp3) is 0.500. The van der Waals surface area contributed by atoms with Gasteiger partial charge in [-0.25, -0.2) is 0 Å². The molecule has 0 radical (unpaired) electrons. The van der Waals surface area contributed by atoms with Crippen molar-refractivity contribution in [2.75, 3.05) is 32.8 Å². The molecule has 1 aliphatic rings. The molecule has 18 heavy (non-hydrogen) atoms. The fourth-order valence-electron chi connectivity index (χ4n) is 1.90. The standard InChI is InChI=1S/C12H16N2O3.ClH/c15-14(16)12-3-1-11(2-4-12)5-6-13-7-9-17-10-8-13;/h1-4H,5-10H2;1H. The third kappa shape index (κ3) is 4.25. The van der Waals surface area contributed by atoms with Crippen LogP contribution in [0.15, 0.2) is 24.3 Å². The molecule has 0 aromatic heterocycles. The molecule has 6 heteroatoms. The second-order valence-corrected chi connectivity index (χ2v) is 4.13. The largest absolute Gasteiger partial charge is 0.379 e. The number of hydrogen-bond donors (Lipinski definition) is 0. The van der Waals surface area contributed by atoms with Gasteiger partial charge in [0.1, 0.15) is 0 Å². The highest BCUT2D eigenvalue weighted by molar-refractivity contribution is 5.85. The van der Waals surface area contributed by atoms with Gasteiger partial charge in [0.15, 0.2) is 0 Å². The number of morpholine rings is 1. The van der Waals surface area contributed by atoms with Gasteiger partial charge in [0.25, 0.3) is 5.69 Å². The summed E-state index contributed by atoms with van der Waals surface area (Å²) in [6.45, 7) is 4.56. The number of nitro benzene ring substituents is 1. The van der Waals surface area contributed by atoms with E-state index in [9.17, 15) is 10.1 Å². The van der Waals surface area contributed by atoms with Gasteiger partial charge in [-0.2, -0.15) is 0 Å². The van der Waals surface area contributed by atoms with E-state index in [1.807, 2.05) is 12.1 Å². The number of nitrogens with zero attached hydrogens (tertiary/aromatic N) is 2. The van der Waals surface area contributed by atoms with Gasteiger partial charge in [-0.05, 0) is 12.0 Å².